The van der Waals surface area contributed by atoms with Crippen LogP contribution in [0.1, 0.15) is 206 Å². The number of primary amides is 2. The maximum absolute atomic E-state index is 10.6. The second-order valence-electron chi connectivity index (χ2n) is 12.6. The van der Waals surface area contributed by atoms with Crippen molar-refractivity contribution in [2.75, 3.05) is 0 Å². The summed E-state index contributed by atoms with van der Waals surface area (Å²) in [6, 6.07) is 0. The van der Waals surface area contributed by atoms with Crippen molar-refractivity contribution in [3.05, 3.63) is 13.2 Å². The fourth-order valence-electron chi connectivity index (χ4n) is 5.35. The van der Waals surface area contributed by atoms with Crippen LogP contribution in [0.25, 0.3) is 0 Å². The predicted octanol–water partition coefficient (Wildman–Crippen LogP) is 10.2. The van der Waals surface area contributed by atoms with Crippen molar-refractivity contribution in [2.45, 2.75) is 219 Å². The van der Waals surface area contributed by atoms with Gasteiger partial charge in [-0.2, -0.15) is 0 Å². The summed E-state index contributed by atoms with van der Waals surface area (Å²) in [6.07, 6.45) is 35.9. The molecule has 0 aromatic heterocycles. The van der Waals surface area contributed by atoms with Crippen LogP contribution >= 0.6 is 0 Å². The van der Waals surface area contributed by atoms with Crippen molar-refractivity contribution >= 4 is 11.8 Å². The molecule has 6 N–H and O–H groups in total. The summed E-state index contributed by atoms with van der Waals surface area (Å²) in [5.41, 5.74) is 10.0. The third-order valence-corrected chi connectivity index (χ3v) is 8.32. The van der Waals surface area contributed by atoms with Gasteiger partial charge < -0.3 is 21.7 Å². The molecular formula is C38H78N2O4. The van der Waals surface area contributed by atoms with Crippen LogP contribution in [0, 0.1) is 0 Å². The zero-order chi connectivity index (χ0) is 33.5. The van der Waals surface area contributed by atoms with E-state index in [4.69, 9.17) is 11.5 Å². The Bertz CT molecular complexity index is 525. The summed E-state index contributed by atoms with van der Waals surface area (Å²) in [4.78, 5) is 21.3. The molecule has 2 atom stereocenters. The van der Waals surface area contributed by atoms with Crippen molar-refractivity contribution in [1.82, 2.24) is 0 Å². The molecule has 0 heterocycles. The molecule has 0 aliphatic heterocycles. The van der Waals surface area contributed by atoms with Gasteiger partial charge in [-0.15, -0.1) is 13.2 Å². The minimum absolute atomic E-state index is 0.521. The third-order valence-electron chi connectivity index (χ3n) is 8.32. The van der Waals surface area contributed by atoms with Crippen LogP contribution in [-0.2, 0) is 9.59 Å². The van der Waals surface area contributed by atoms with Crippen LogP contribution < -0.4 is 11.5 Å². The van der Waals surface area contributed by atoms with E-state index < -0.39 is 24.0 Å². The first-order chi connectivity index (χ1) is 21.4. The second kappa shape index (κ2) is 41.6. The normalized spacial score (nSPS) is 12.0. The van der Waals surface area contributed by atoms with Gasteiger partial charge in [0.15, 0.2) is 0 Å². The molecule has 0 rings (SSSR count). The lowest BCUT2D eigenvalue weighted by Crippen LogP contribution is -2.27. The number of hydrogen-bond acceptors (Lipinski definition) is 4. The summed E-state index contributed by atoms with van der Waals surface area (Å²) >= 11 is 0. The Labute approximate surface area is 274 Å². The number of nitrogens with two attached hydrogens (primary N) is 2. The Morgan fingerprint density at radius 3 is 0.727 bits per heavy atom. The molecular weight excluding hydrogens is 548 g/mol. The quantitative estimate of drug-likeness (QED) is 0.0437. The summed E-state index contributed by atoms with van der Waals surface area (Å²) in [6.45, 7) is 10.5. The van der Waals surface area contributed by atoms with Gasteiger partial charge in [-0.1, -0.05) is 194 Å². The van der Waals surface area contributed by atoms with Gasteiger partial charge in [-0.3, -0.25) is 9.59 Å². The van der Waals surface area contributed by atoms with Crippen molar-refractivity contribution in [3.8, 4) is 0 Å². The molecule has 6 nitrogen and oxygen atoms in total. The zero-order valence-electron chi connectivity index (χ0n) is 29.6. The monoisotopic (exact) mass is 627 g/mol. The summed E-state index contributed by atoms with van der Waals surface area (Å²) in [5.74, 6) is -1.19. The Morgan fingerprint density at radius 1 is 0.409 bits per heavy atom. The van der Waals surface area contributed by atoms with Gasteiger partial charge in [0.05, 0.1) is 0 Å². The highest BCUT2D eigenvalue weighted by Crippen LogP contribution is 2.15. The predicted molar refractivity (Wildman–Crippen MR) is 192 cm³/mol. The average Bonchev–Trinajstić information content (AvgIpc) is 3.02. The van der Waals surface area contributed by atoms with Gasteiger partial charge in [-0.05, 0) is 12.8 Å². The van der Waals surface area contributed by atoms with E-state index in [1.165, 1.54) is 154 Å². The lowest BCUT2D eigenvalue weighted by Gasteiger charge is -2.06. The lowest BCUT2D eigenvalue weighted by molar-refractivity contribution is -0.127. The third kappa shape index (κ3) is 42.7. The van der Waals surface area contributed by atoms with E-state index in [9.17, 15) is 19.8 Å². The van der Waals surface area contributed by atoms with Gasteiger partial charge in [0.1, 0.15) is 12.2 Å². The number of aliphatic hydroxyl groups excluding tert-OH is 2. The number of aliphatic hydroxyl groups is 2. The van der Waals surface area contributed by atoms with Crippen LogP contribution in [-0.4, -0.2) is 34.2 Å². The molecule has 0 aromatic rings. The molecule has 0 saturated heterocycles. The molecule has 0 fully saturated rings. The first kappa shape index (κ1) is 47.0. The van der Waals surface area contributed by atoms with E-state index in [-0.39, 0.29) is 0 Å². The number of carbonyl (C=O) groups excluding carboxylic acids is 2. The largest absolute Gasteiger partial charge is 0.383 e. The number of hydrogen-bond donors (Lipinski definition) is 4. The highest BCUT2D eigenvalue weighted by molar-refractivity contribution is 5.78. The Kier molecular flexibility index (Phi) is 44.4. The van der Waals surface area contributed by atoms with Gasteiger partial charge in [0, 0.05) is 0 Å². The first-order valence-corrected chi connectivity index (χ1v) is 18.8. The van der Waals surface area contributed by atoms with E-state index in [2.05, 4.69) is 27.0 Å². The summed E-state index contributed by atoms with van der Waals surface area (Å²) < 4.78 is 0. The SMILES string of the molecule is C=C.CCCCCCCCCCCCCCCCC(O)C(N)=O.CCCCCCCCCCCCCCCCC(O)C(N)=O. The van der Waals surface area contributed by atoms with E-state index in [1.54, 1.807) is 0 Å². The van der Waals surface area contributed by atoms with Gasteiger partial charge >= 0.3 is 0 Å². The van der Waals surface area contributed by atoms with E-state index >= 15 is 0 Å². The maximum Gasteiger partial charge on any atom is 0.246 e. The van der Waals surface area contributed by atoms with Crippen LogP contribution in [0.2, 0.25) is 0 Å². The molecule has 2 amide bonds. The first-order valence-electron chi connectivity index (χ1n) is 18.8. The Hall–Kier alpha value is -1.40. The van der Waals surface area contributed by atoms with Crippen LogP contribution in [0.3, 0.4) is 0 Å². The van der Waals surface area contributed by atoms with Crippen molar-refractivity contribution in [3.63, 3.8) is 0 Å². The molecule has 264 valence electrons. The molecule has 0 saturated carbocycles. The molecule has 0 spiro atoms. The average molecular weight is 627 g/mol. The highest BCUT2D eigenvalue weighted by atomic mass is 16.3. The lowest BCUT2D eigenvalue weighted by atomic mass is 10.0. The topological polar surface area (TPSA) is 127 Å². The van der Waals surface area contributed by atoms with Crippen LogP contribution in [0.15, 0.2) is 13.2 Å². The van der Waals surface area contributed by atoms with E-state index in [1.807, 2.05) is 0 Å². The van der Waals surface area contributed by atoms with Gasteiger partial charge in [-0.25, -0.2) is 0 Å². The van der Waals surface area contributed by atoms with Crippen molar-refractivity contribution in [2.24, 2.45) is 11.5 Å². The Morgan fingerprint density at radius 2 is 0.568 bits per heavy atom. The fraction of sp³-hybridized carbons (Fsp3) is 0.895. The molecule has 0 aliphatic rings. The highest BCUT2D eigenvalue weighted by Gasteiger charge is 2.10. The molecule has 6 heteroatoms. The van der Waals surface area contributed by atoms with Crippen molar-refractivity contribution < 1.29 is 19.8 Å². The standard InChI is InChI=1S/2C18H37NO2.C2H4/c2*1-2-3-4-5-6-7-8-9-10-11-12-13-14-15-16-17(20)18(19)21;1-2/h2*17,20H,2-16H2,1H3,(H2,19,21);1-2H2. The van der Waals surface area contributed by atoms with Crippen molar-refractivity contribution in [1.29, 1.82) is 0 Å². The molecule has 0 radical (unpaired) electrons. The van der Waals surface area contributed by atoms with Crippen LogP contribution in [0.5, 0.6) is 0 Å². The summed E-state index contributed by atoms with van der Waals surface area (Å²) in [5, 5.41) is 18.5. The molecule has 44 heavy (non-hydrogen) atoms. The Balaban J connectivity index is -0.000000723. The minimum Gasteiger partial charge on any atom is -0.383 e. The van der Waals surface area contributed by atoms with Gasteiger partial charge in [0.25, 0.3) is 0 Å². The van der Waals surface area contributed by atoms with Crippen LogP contribution in [0.4, 0.5) is 0 Å². The molecule has 0 aromatic carbocycles. The maximum atomic E-state index is 10.6. The number of unbranched alkanes of at least 4 members (excludes halogenated alkanes) is 26. The fourth-order valence-corrected chi connectivity index (χ4v) is 5.35. The number of amides is 2. The summed E-state index contributed by atoms with van der Waals surface area (Å²) in [7, 11) is 0. The smallest absolute Gasteiger partial charge is 0.246 e. The van der Waals surface area contributed by atoms with E-state index in [0.29, 0.717) is 12.8 Å². The zero-order valence-corrected chi connectivity index (χ0v) is 29.6. The molecule has 2 unspecified atom stereocenters. The second-order valence-corrected chi connectivity index (χ2v) is 12.6. The van der Waals surface area contributed by atoms with Gasteiger partial charge in [0.2, 0.25) is 11.8 Å². The molecule has 0 aliphatic carbocycles. The number of rotatable bonds is 32. The molecule has 0 bridgehead atoms. The number of carbonyl (C=O) groups is 2. The minimum atomic E-state index is -0.942. The van der Waals surface area contributed by atoms with E-state index in [0.717, 1.165) is 25.7 Å².